The molecule has 138 valence electrons. The Labute approximate surface area is 150 Å². The number of carbonyl (C=O) groups is 2. The van der Waals surface area contributed by atoms with E-state index in [1.165, 1.54) is 7.11 Å². The number of amides is 1. The highest BCUT2D eigenvalue weighted by Crippen LogP contribution is 2.18. The Kier molecular flexibility index (Phi) is 6.82. The Morgan fingerprint density at radius 2 is 1.72 bits per heavy atom. The van der Waals surface area contributed by atoms with Crippen LogP contribution in [0.2, 0.25) is 0 Å². The molecule has 0 atom stereocenters. The van der Waals surface area contributed by atoms with Gasteiger partial charge in [-0.25, -0.2) is 0 Å². The zero-order valence-electron chi connectivity index (χ0n) is 15.7. The molecule has 1 saturated heterocycles. The minimum atomic E-state index is -0.135. The van der Waals surface area contributed by atoms with Crippen molar-refractivity contribution >= 4 is 17.6 Å². The molecule has 0 bridgehead atoms. The molecular weight excluding hydrogens is 318 g/mol. The Morgan fingerprint density at radius 3 is 2.24 bits per heavy atom. The molecule has 0 spiro atoms. The van der Waals surface area contributed by atoms with Crippen LogP contribution in [0.5, 0.6) is 0 Å². The lowest BCUT2D eigenvalue weighted by Crippen LogP contribution is -2.43. The molecule has 2 rings (SSSR count). The van der Waals surface area contributed by atoms with Gasteiger partial charge in [-0.05, 0) is 43.6 Å². The first-order chi connectivity index (χ1) is 11.9. The molecule has 1 aliphatic heterocycles. The van der Waals surface area contributed by atoms with Crippen molar-refractivity contribution < 1.29 is 14.3 Å². The van der Waals surface area contributed by atoms with Crippen LogP contribution in [0.25, 0.3) is 0 Å². The molecule has 6 heteroatoms. The van der Waals surface area contributed by atoms with Crippen LogP contribution in [-0.2, 0) is 20.9 Å². The highest BCUT2D eigenvalue weighted by Gasteiger charge is 2.26. The van der Waals surface area contributed by atoms with Gasteiger partial charge in [0.25, 0.3) is 0 Å². The van der Waals surface area contributed by atoms with Crippen molar-refractivity contribution in [1.82, 2.24) is 9.80 Å². The van der Waals surface area contributed by atoms with Crippen LogP contribution in [0.15, 0.2) is 24.3 Å². The lowest BCUT2D eigenvalue weighted by atomic mass is 9.97. The van der Waals surface area contributed by atoms with Crippen molar-refractivity contribution in [3.05, 3.63) is 29.8 Å². The van der Waals surface area contributed by atoms with Crippen LogP contribution < -0.4 is 4.90 Å². The van der Waals surface area contributed by atoms with Gasteiger partial charge in [0.05, 0.1) is 19.6 Å². The summed E-state index contributed by atoms with van der Waals surface area (Å²) < 4.78 is 4.80. The fourth-order valence-corrected chi connectivity index (χ4v) is 3.07. The van der Waals surface area contributed by atoms with E-state index < -0.39 is 0 Å². The predicted molar refractivity (Wildman–Crippen MR) is 98.4 cm³/mol. The normalized spacial score (nSPS) is 15.7. The minimum Gasteiger partial charge on any atom is -0.469 e. The third kappa shape index (κ3) is 5.46. The standard InChI is InChI=1S/C19H29N3O3/c1-20(2)17-7-5-15(6-8-17)13-21(3)18(23)14-22-11-9-16(10-12-22)19(24)25-4/h5-8,16H,9-14H2,1-4H3. The molecule has 0 N–H and O–H groups in total. The second-order valence-electron chi connectivity index (χ2n) is 6.88. The minimum absolute atomic E-state index is 0.0238. The maximum absolute atomic E-state index is 12.4. The third-order valence-electron chi connectivity index (χ3n) is 4.78. The average Bonchev–Trinajstić information content (AvgIpc) is 2.62. The monoisotopic (exact) mass is 347 g/mol. The topological polar surface area (TPSA) is 53.1 Å². The van der Waals surface area contributed by atoms with E-state index in [4.69, 9.17) is 4.74 Å². The van der Waals surface area contributed by atoms with Crippen LogP contribution in [0.4, 0.5) is 5.69 Å². The van der Waals surface area contributed by atoms with Crippen molar-refractivity contribution in [2.45, 2.75) is 19.4 Å². The van der Waals surface area contributed by atoms with E-state index in [0.29, 0.717) is 13.1 Å². The summed E-state index contributed by atoms with van der Waals surface area (Å²) in [5.41, 5.74) is 2.26. The molecule has 0 saturated carbocycles. The first kappa shape index (κ1) is 19.2. The fraction of sp³-hybridized carbons (Fsp3) is 0.579. The highest BCUT2D eigenvalue weighted by molar-refractivity contribution is 5.78. The van der Waals surface area contributed by atoms with Crippen molar-refractivity contribution in [3.63, 3.8) is 0 Å². The summed E-state index contributed by atoms with van der Waals surface area (Å²) in [6.07, 6.45) is 1.52. The van der Waals surface area contributed by atoms with E-state index in [2.05, 4.69) is 34.1 Å². The summed E-state index contributed by atoms with van der Waals surface area (Å²) in [4.78, 5) is 29.9. The summed E-state index contributed by atoms with van der Waals surface area (Å²) in [7, 11) is 7.28. The summed E-state index contributed by atoms with van der Waals surface area (Å²) >= 11 is 0. The number of esters is 1. The van der Waals surface area contributed by atoms with Crippen LogP contribution in [0.3, 0.4) is 0 Å². The van der Waals surface area contributed by atoms with E-state index in [1.54, 1.807) is 4.90 Å². The number of ether oxygens (including phenoxy) is 1. The molecule has 0 aromatic heterocycles. The molecule has 25 heavy (non-hydrogen) atoms. The number of likely N-dealkylation sites (tertiary alicyclic amines) is 1. The summed E-state index contributed by atoms with van der Waals surface area (Å²) in [5.74, 6) is -0.0539. The number of rotatable bonds is 6. The molecule has 1 aromatic rings. The van der Waals surface area contributed by atoms with Gasteiger partial charge in [0.2, 0.25) is 5.91 Å². The number of benzene rings is 1. The molecular formula is C19H29N3O3. The maximum atomic E-state index is 12.4. The quantitative estimate of drug-likeness (QED) is 0.732. The lowest BCUT2D eigenvalue weighted by Gasteiger charge is -2.31. The summed E-state index contributed by atoms with van der Waals surface area (Å²) in [6.45, 7) is 2.53. The van der Waals surface area contributed by atoms with Gasteiger partial charge in [0.1, 0.15) is 0 Å². The number of piperidine rings is 1. The number of carbonyl (C=O) groups excluding carboxylic acids is 2. The number of nitrogens with zero attached hydrogens (tertiary/aromatic N) is 3. The lowest BCUT2D eigenvalue weighted by molar-refractivity contribution is -0.147. The summed E-state index contributed by atoms with van der Waals surface area (Å²) in [6, 6.07) is 8.23. The van der Waals surface area contributed by atoms with Gasteiger partial charge in [-0.1, -0.05) is 12.1 Å². The first-order valence-corrected chi connectivity index (χ1v) is 8.71. The molecule has 6 nitrogen and oxygen atoms in total. The zero-order chi connectivity index (χ0) is 18.4. The van der Waals surface area contributed by atoms with Crippen LogP contribution in [0, 0.1) is 5.92 Å². The molecule has 1 aromatic carbocycles. The van der Waals surface area contributed by atoms with E-state index >= 15 is 0 Å². The third-order valence-corrected chi connectivity index (χ3v) is 4.78. The smallest absolute Gasteiger partial charge is 0.308 e. The van der Waals surface area contributed by atoms with Gasteiger partial charge in [0.15, 0.2) is 0 Å². The van der Waals surface area contributed by atoms with Crippen LogP contribution in [0.1, 0.15) is 18.4 Å². The van der Waals surface area contributed by atoms with Gasteiger partial charge in [-0.15, -0.1) is 0 Å². The molecule has 1 amide bonds. The summed E-state index contributed by atoms with van der Waals surface area (Å²) in [5, 5.41) is 0. The van der Waals surface area contributed by atoms with Gasteiger partial charge in [0, 0.05) is 33.4 Å². The van der Waals surface area contributed by atoms with Gasteiger partial charge >= 0.3 is 5.97 Å². The van der Waals surface area contributed by atoms with Crippen molar-refractivity contribution in [3.8, 4) is 0 Å². The number of anilines is 1. The van der Waals surface area contributed by atoms with E-state index in [1.807, 2.05) is 21.1 Å². The second kappa shape index (κ2) is 8.85. The predicted octanol–water partition coefficient (Wildman–Crippen LogP) is 1.60. The molecule has 1 fully saturated rings. The van der Waals surface area contributed by atoms with Crippen molar-refractivity contribution in [2.75, 3.05) is 52.8 Å². The molecule has 0 unspecified atom stereocenters. The molecule has 1 heterocycles. The number of hydrogen-bond donors (Lipinski definition) is 0. The Morgan fingerprint density at radius 1 is 1.12 bits per heavy atom. The van der Waals surface area contributed by atoms with E-state index in [9.17, 15) is 9.59 Å². The Balaban J connectivity index is 1.79. The van der Waals surface area contributed by atoms with Crippen molar-refractivity contribution in [1.29, 1.82) is 0 Å². The average molecular weight is 347 g/mol. The molecule has 0 aliphatic carbocycles. The van der Waals surface area contributed by atoms with Crippen molar-refractivity contribution in [2.24, 2.45) is 5.92 Å². The number of likely N-dealkylation sites (N-methyl/N-ethyl adjacent to an activating group) is 1. The largest absolute Gasteiger partial charge is 0.469 e. The SMILES string of the molecule is COC(=O)C1CCN(CC(=O)N(C)Cc2ccc(N(C)C)cc2)CC1. The first-order valence-electron chi connectivity index (χ1n) is 8.71. The molecule has 1 aliphatic rings. The van der Waals surface area contributed by atoms with Gasteiger partial charge < -0.3 is 14.5 Å². The maximum Gasteiger partial charge on any atom is 0.308 e. The van der Waals surface area contributed by atoms with Crippen LogP contribution in [-0.4, -0.2) is 69.6 Å². The van der Waals surface area contributed by atoms with Crippen LogP contribution >= 0.6 is 0 Å². The zero-order valence-corrected chi connectivity index (χ0v) is 15.7. The highest BCUT2D eigenvalue weighted by atomic mass is 16.5. The van der Waals surface area contributed by atoms with Gasteiger partial charge in [-0.3, -0.25) is 14.5 Å². The van der Waals surface area contributed by atoms with E-state index in [0.717, 1.165) is 37.2 Å². The van der Waals surface area contributed by atoms with E-state index in [-0.39, 0.29) is 17.8 Å². The van der Waals surface area contributed by atoms with Gasteiger partial charge in [-0.2, -0.15) is 0 Å². The Hall–Kier alpha value is -2.08. The second-order valence-corrected chi connectivity index (χ2v) is 6.88. The number of methoxy groups -OCH3 is 1. The number of hydrogen-bond acceptors (Lipinski definition) is 5. The molecule has 0 radical (unpaired) electrons. The fourth-order valence-electron chi connectivity index (χ4n) is 3.07. The Bertz CT molecular complexity index is 578.